The van der Waals surface area contributed by atoms with Crippen LogP contribution in [0, 0.1) is 12.7 Å². The molecule has 5 rings (SSSR count). The first-order valence-electron chi connectivity index (χ1n) is 9.53. The lowest BCUT2D eigenvalue weighted by Crippen LogP contribution is -2.05. The topological polar surface area (TPSA) is 66.0 Å². The molecule has 2 aromatic heterocycles. The fourth-order valence-corrected chi connectivity index (χ4v) is 4.08. The lowest BCUT2D eigenvalue weighted by molar-refractivity contribution is 0.0698. The van der Waals surface area contributed by atoms with Crippen LogP contribution in [0.15, 0.2) is 72.9 Å². The smallest absolute Gasteiger partial charge is 0.336 e. The van der Waals surface area contributed by atoms with E-state index in [1.165, 1.54) is 18.2 Å². The molecule has 0 aliphatic rings. The Bertz CT molecular complexity index is 1440. The molecule has 0 spiro atoms. The number of carboxylic acids is 1. The number of rotatable bonds is 3. The fraction of sp³-hybridized carbons (Fsp3) is 0.0400. The Kier molecular flexibility index (Phi) is 4.10. The zero-order valence-electron chi connectivity index (χ0n) is 16.1. The summed E-state index contributed by atoms with van der Waals surface area (Å²) in [5.74, 6) is -1.59. The predicted octanol–water partition coefficient (Wildman–Crippen LogP) is 6.20. The number of pyridine rings is 1. The average molecular weight is 396 g/mol. The van der Waals surface area contributed by atoms with Gasteiger partial charge in [-0.3, -0.25) is 0 Å². The maximum atomic E-state index is 13.8. The molecule has 0 saturated carbocycles. The second-order valence-corrected chi connectivity index (χ2v) is 7.22. The molecule has 0 amide bonds. The SMILES string of the molecule is Cc1c(-c2c[nH]c3c(-c4ccccc4)cccc23)nc2ccc(F)cc2c1C(=O)O. The van der Waals surface area contributed by atoms with Crippen molar-refractivity contribution in [2.24, 2.45) is 0 Å². The standard InChI is InChI=1S/C25H17FN2O2/c1-14-22(25(29)30)19-12-16(26)10-11-21(19)28-23(14)20-13-27-24-17(8-5-9-18(20)24)15-6-3-2-4-7-15/h2-13,27H,1H3,(H,29,30). The Balaban J connectivity index is 1.80. The van der Waals surface area contributed by atoms with Crippen LogP contribution < -0.4 is 0 Å². The van der Waals surface area contributed by atoms with E-state index >= 15 is 0 Å². The van der Waals surface area contributed by atoms with Gasteiger partial charge in [-0.1, -0.05) is 48.5 Å². The number of aromatic nitrogens is 2. The zero-order chi connectivity index (χ0) is 20.8. The van der Waals surface area contributed by atoms with Crippen LogP contribution in [0.3, 0.4) is 0 Å². The largest absolute Gasteiger partial charge is 0.478 e. The fourth-order valence-electron chi connectivity index (χ4n) is 4.08. The molecule has 2 N–H and O–H groups in total. The van der Waals surface area contributed by atoms with Gasteiger partial charge in [0.05, 0.1) is 22.3 Å². The molecule has 2 heterocycles. The van der Waals surface area contributed by atoms with E-state index in [1.807, 2.05) is 54.7 Å². The van der Waals surface area contributed by atoms with Crippen molar-refractivity contribution in [2.75, 3.05) is 0 Å². The number of fused-ring (bicyclic) bond motifs is 2. The number of nitrogens with one attached hydrogen (secondary N) is 1. The third-order valence-corrected chi connectivity index (χ3v) is 5.46. The summed E-state index contributed by atoms with van der Waals surface area (Å²) < 4.78 is 13.8. The maximum Gasteiger partial charge on any atom is 0.336 e. The van der Waals surface area contributed by atoms with Gasteiger partial charge in [-0.2, -0.15) is 0 Å². The van der Waals surface area contributed by atoms with Crippen LogP contribution in [-0.2, 0) is 0 Å². The molecule has 0 aliphatic carbocycles. The highest BCUT2D eigenvalue weighted by Gasteiger charge is 2.21. The van der Waals surface area contributed by atoms with Crippen LogP contribution in [0.1, 0.15) is 15.9 Å². The van der Waals surface area contributed by atoms with Crippen molar-refractivity contribution in [3.63, 3.8) is 0 Å². The Labute approximate surface area is 171 Å². The number of benzene rings is 3. The Morgan fingerprint density at radius 2 is 1.77 bits per heavy atom. The minimum Gasteiger partial charge on any atom is -0.478 e. The minimum absolute atomic E-state index is 0.0723. The number of nitrogens with zero attached hydrogens (tertiary/aromatic N) is 1. The molecule has 30 heavy (non-hydrogen) atoms. The molecular weight excluding hydrogens is 379 g/mol. The third-order valence-electron chi connectivity index (χ3n) is 5.46. The zero-order valence-corrected chi connectivity index (χ0v) is 16.1. The first-order valence-corrected chi connectivity index (χ1v) is 9.53. The second kappa shape index (κ2) is 6.81. The van der Waals surface area contributed by atoms with E-state index in [0.29, 0.717) is 22.2 Å². The van der Waals surface area contributed by atoms with E-state index in [0.717, 1.165) is 27.6 Å². The van der Waals surface area contributed by atoms with Crippen molar-refractivity contribution < 1.29 is 14.3 Å². The third kappa shape index (κ3) is 2.75. The summed E-state index contributed by atoms with van der Waals surface area (Å²) in [6.07, 6.45) is 1.85. The first-order chi connectivity index (χ1) is 14.5. The van der Waals surface area contributed by atoms with E-state index in [4.69, 9.17) is 4.98 Å². The molecular formula is C25H17FN2O2. The molecule has 0 fully saturated rings. The molecule has 0 aliphatic heterocycles. The molecule has 4 nitrogen and oxygen atoms in total. The van der Waals surface area contributed by atoms with Crippen LogP contribution in [0.25, 0.3) is 44.2 Å². The summed E-state index contributed by atoms with van der Waals surface area (Å²) in [5.41, 5.74) is 5.50. The second-order valence-electron chi connectivity index (χ2n) is 7.22. The van der Waals surface area contributed by atoms with Crippen molar-refractivity contribution >= 4 is 27.8 Å². The van der Waals surface area contributed by atoms with Gasteiger partial charge in [0.1, 0.15) is 5.82 Å². The summed E-state index contributed by atoms with van der Waals surface area (Å²) in [5, 5.41) is 11.1. The molecule has 3 aromatic carbocycles. The average Bonchev–Trinajstić information content (AvgIpc) is 3.17. The van der Waals surface area contributed by atoms with Crippen LogP contribution >= 0.6 is 0 Å². The van der Waals surface area contributed by atoms with Crippen molar-refractivity contribution in [1.82, 2.24) is 9.97 Å². The van der Waals surface area contributed by atoms with Gasteiger partial charge in [0.2, 0.25) is 0 Å². The number of hydrogen-bond acceptors (Lipinski definition) is 2. The van der Waals surface area contributed by atoms with Gasteiger partial charge in [-0.05, 0) is 36.2 Å². The first kappa shape index (κ1) is 18.1. The molecule has 0 radical (unpaired) electrons. The van der Waals surface area contributed by atoms with Crippen molar-refractivity contribution in [3.05, 3.63) is 89.9 Å². The molecule has 0 atom stereocenters. The van der Waals surface area contributed by atoms with Gasteiger partial charge >= 0.3 is 5.97 Å². The van der Waals surface area contributed by atoms with Crippen LogP contribution in [0.4, 0.5) is 4.39 Å². The van der Waals surface area contributed by atoms with Gasteiger partial charge in [0.15, 0.2) is 0 Å². The monoisotopic (exact) mass is 396 g/mol. The summed E-state index contributed by atoms with van der Waals surface area (Å²) >= 11 is 0. The van der Waals surface area contributed by atoms with Crippen molar-refractivity contribution in [1.29, 1.82) is 0 Å². The van der Waals surface area contributed by atoms with Gasteiger partial charge < -0.3 is 10.1 Å². The number of para-hydroxylation sites is 1. The van der Waals surface area contributed by atoms with Crippen LogP contribution in [0.5, 0.6) is 0 Å². The van der Waals surface area contributed by atoms with Crippen molar-refractivity contribution in [2.45, 2.75) is 6.92 Å². The Morgan fingerprint density at radius 3 is 2.53 bits per heavy atom. The maximum absolute atomic E-state index is 13.8. The van der Waals surface area contributed by atoms with E-state index < -0.39 is 11.8 Å². The van der Waals surface area contributed by atoms with Gasteiger partial charge in [0.25, 0.3) is 0 Å². The van der Waals surface area contributed by atoms with E-state index in [1.54, 1.807) is 6.92 Å². The summed E-state index contributed by atoms with van der Waals surface area (Å²) in [6.45, 7) is 1.72. The summed E-state index contributed by atoms with van der Waals surface area (Å²) in [6, 6.07) is 20.1. The number of carboxylic acid groups (broad SMARTS) is 1. The van der Waals surface area contributed by atoms with E-state index in [2.05, 4.69) is 4.98 Å². The van der Waals surface area contributed by atoms with Crippen LogP contribution in [-0.4, -0.2) is 21.0 Å². The van der Waals surface area contributed by atoms with Gasteiger partial charge in [-0.25, -0.2) is 14.2 Å². The van der Waals surface area contributed by atoms with Gasteiger partial charge in [-0.15, -0.1) is 0 Å². The van der Waals surface area contributed by atoms with E-state index in [-0.39, 0.29) is 5.56 Å². The Morgan fingerprint density at radius 1 is 0.967 bits per heavy atom. The minimum atomic E-state index is -1.10. The lowest BCUT2D eigenvalue weighted by atomic mass is 9.96. The van der Waals surface area contributed by atoms with Gasteiger partial charge in [0, 0.05) is 28.1 Å². The number of aromatic carboxylic acids is 1. The number of carbonyl (C=O) groups is 1. The van der Waals surface area contributed by atoms with Crippen molar-refractivity contribution in [3.8, 4) is 22.4 Å². The Hall–Kier alpha value is -3.99. The highest BCUT2D eigenvalue weighted by atomic mass is 19.1. The number of aromatic amines is 1. The number of hydrogen-bond donors (Lipinski definition) is 2. The molecule has 146 valence electrons. The highest BCUT2D eigenvalue weighted by molar-refractivity contribution is 6.08. The normalized spacial score (nSPS) is 11.3. The van der Waals surface area contributed by atoms with Crippen LogP contribution in [0.2, 0.25) is 0 Å². The molecule has 5 aromatic rings. The summed E-state index contributed by atoms with van der Waals surface area (Å²) in [4.78, 5) is 20.1. The predicted molar refractivity (Wildman–Crippen MR) is 116 cm³/mol. The molecule has 0 saturated heterocycles. The summed E-state index contributed by atoms with van der Waals surface area (Å²) in [7, 11) is 0. The van der Waals surface area contributed by atoms with E-state index in [9.17, 15) is 14.3 Å². The lowest BCUT2D eigenvalue weighted by Gasteiger charge is -2.12. The molecule has 0 bridgehead atoms. The molecule has 0 unspecified atom stereocenters. The highest BCUT2D eigenvalue weighted by Crippen LogP contribution is 2.37. The number of halogens is 1. The number of H-pyrrole nitrogens is 1. The molecule has 5 heteroatoms. The quantitative estimate of drug-likeness (QED) is 0.382.